The Balaban J connectivity index is 1.81. The SMILES string of the molecule is CC1CCN(S(=O)(=O)c2nn(C)cc2C(=O)NCc2ccccc2F)CC1. The van der Waals surface area contributed by atoms with Crippen LogP contribution in [-0.4, -0.2) is 41.5 Å². The zero-order valence-corrected chi connectivity index (χ0v) is 16.2. The third-order valence-corrected chi connectivity index (χ3v) is 6.60. The van der Waals surface area contributed by atoms with E-state index in [1.807, 2.05) is 0 Å². The molecule has 27 heavy (non-hydrogen) atoms. The molecule has 1 fully saturated rings. The topological polar surface area (TPSA) is 84.3 Å². The van der Waals surface area contributed by atoms with Crippen molar-refractivity contribution in [2.24, 2.45) is 13.0 Å². The van der Waals surface area contributed by atoms with Gasteiger partial charge in [0.05, 0.1) is 5.56 Å². The van der Waals surface area contributed by atoms with Crippen LogP contribution >= 0.6 is 0 Å². The lowest BCUT2D eigenvalue weighted by Crippen LogP contribution is -2.39. The summed E-state index contributed by atoms with van der Waals surface area (Å²) >= 11 is 0. The molecule has 1 N–H and O–H groups in total. The number of nitrogens with one attached hydrogen (secondary N) is 1. The molecule has 1 amide bonds. The fourth-order valence-corrected chi connectivity index (χ4v) is 4.67. The van der Waals surface area contributed by atoms with E-state index in [9.17, 15) is 17.6 Å². The number of carbonyl (C=O) groups excluding carboxylic acids is 1. The Kier molecular flexibility index (Phi) is 5.61. The number of hydrogen-bond acceptors (Lipinski definition) is 4. The number of aromatic nitrogens is 2. The standard InChI is InChI=1S/C18H23FN4O3S/c1-13-7-9-23(10-8-13)27(25,26)18-15(12-22(2)21-18)17(24)20-11-14-5-3-4-6-16(14)19/h3-6,12-13H,7-11H2,1-2H3,(H,20,24). The van der Waals surface area contributed by atoms with Crippen LogP contribution < -0.4 is 5.32 Å². The molecule has 146 valence electrons. The average Bonchev–Trinajstić information content (AvgIpc) is 3.04. The Labute approximate surface area is 158 Å². The number of sulfonamides is 1. The maximum absolute atomic E-state index is 13.7. The summed E-state index contributed by atoms with van der Waals surface area (Å²) in [5.74, 6) is -0.557. The van der Waals surface area contributed by atoms with E-state index in [0.29, 0.717) is 24.6 Å². The van der Waals surface area contributed by atoms with Crippen molar-refractivity contribution in [3.8, 4) is 0 Å². The van der Waals surface area contributed by atoms with Gasteiger partial charge in [-0.2, -0.15) is 9.40 Å². The molecule has 1 aliphatic rings. The molecule has 0 saturated carbocycles. The number of piperidine rings is 1. The van der Waals surface area contributed by atoms with Crippen molar-refractivity contribution in [3.05, 3.63) is 47.4 Å². The van der Waals surface area contributed by atoms with Gasteiger partial charge in [0.15, 0.2) is 0 Å². The van der Waals surface area contributed by atoms with Gasteiger partial charge in [-0.25, -0.2) is 12.8 Å². The molecule has 1 aromatic heterocycles. The molecule has 1 saturated heterocycles. The van der Waals surface area contributed by atoms with Crippen LogP contribution in [0, 0.1) is 11.7 Å². The second kappa shape index (κ2) is 7.77. The minimum absolute atomic E-state index is 0.0348. The van der Waals surface area contributed by atoms with Crippen LogP contribution in [0.4, 0.5) is 4.39 Å². The van der Waals surface area contributed by atoms with E-state index in [0.717, 1.165) is 12.8 Å². The summed E-state index contributed by atoms with van der Waals surface area (Å²) in [5, 5.41) is 6.34. The minimum Gasteiger partial charge on any atom is -0.348 e. The molecule has 0 radical (unpaired) electrons. The van der Waals surface area contributed by atoms with E-state index >= 15 is 0 Å². The second-order valence-electron chi connectivity index (χ2n) is 6.88. The highest BCUT2D eigenvalue weighted by Crippen LogP contribution is 2.24. The van der Waals surface area contributed by atoms with Crippen LogP contribution in [0.15, 0.2) is 35.5 Å². The summed E-state index contributed by atoms with van der Waals surface area (Å²) in [6.45, 7) is 2.88. The molecular formula is C18H23FN4O3S. The molecule has 7 nitrogen and oxygen atoms in total. The fourth-order valence-electron chi connectivity index (χ4n) is 3.07. The maximum atomic E-state index is 13.7. The van der Waals surface area contributed by atoms with Crippen molar-refractivity contribution in [2.45, 2.75) is 31.3 Å². The van der Waals surface area contributed by atoms with Crippen LogP contribution in [0.5, 0.6) is 0 Å². The zero-order chi connectivity index (χ0) is 19.6. The minimum atomic E-state index is -3.86. The van der Waals surface area contributed by atoms with Crippen molar-refractivity contribution < 1.29 is 17.6 Å². The number of nitrogens with zero attached hydrogens (tertiary/aromatic N) is 3. The van der Waals surface area contributed by atoms with Gasteiger partial charge in [-0.15, -0.1) is 0 Å². The van der Waals surface area contributed by atoms with Crippen LogP contribution in [0.3, 0.4) is 0 Å². The van der Waals surface area contributed by atoms with Crippen molar-refractivity contribution in [3.63, 3.8) is 0 Å². The normalized spacial score (nSPS) is 16.4. The molecular weight excluding hydrogens is 371 g/mol. The van der Waals surface area contributed by atoms with E-state index in [1.165, 1.54) is 21.3 Å². The summed E-state index contributed by atoms with van der Waals surface area (Å²) in [4.78, 5) is 12.6. The lowest BCUT2D eigenvalue weighted by molar-refractivity contribution is 0.0947. The smallest absolute Gasteiger partial charge is 0.263 e. The predicted molar refractivity (Wildman–Crippen MR) is 97.9 cm³/mol. The van der Waals surface area contributed by atoms with E-state index < -0.39 is 21.7 Å². The van der Waals surface area contributed by atoms with Crippen LogP contribution in [0.25, 0.3) is 0 Å². The van der Waals surface area contributed by atoms with Crippen molar-refractivity contribution in [1.29, 1.82) is 0 Å². The molecule has 9 heteroatoms. The lowest BCUT2D eigenvalue weighted by Gasteiger charge is -2.28. The first kappa shape index (κ1) is 19.5. The lowest BCUT2D eigenvalue weighted by atomic mass is 10.0. The van der Waals surface area contributed by atoms with E-state index in [-0.39, 0.29) is 17.1 Å². The quantitative estimate of drug-likeness (QED) is 0.840. The van der Waals surface area contributed by atoms with Gasteiger partial charge in [0.1, 0.15) is 5.82 Å². The Morgan fingerprint density at radius 1 is 1.30 bits per heavy atom. The first-order valence-corrected chi connectivity index (χ1v) is 10.3. The summed E-state index contributed by atoms with van der Waals surface area (Å²) in [6.07, 6.45) is 2.93. The molecule has 1 aromatic carbocycles. The molecule has 2 aromatic rings. The van der Waals surface area contributed by atoms with E-state index in [1.54, 1.807) is 25.2 Å². The van der Waals surface area contributed by atoms with Crippen molar-refractivity contribution in [2.75, 3.05) is 13.1 Å². The number of aryl methyl sites for hydroxylation is 1. The van der Waals surface area contributed by atoms with Gasteiger partial charge < -0.3 is 5.32 Å². The monoisotopic (exact) mass is 394 g/mol. The molecule has 0 atom stereocenters. The number of hydrogen-bond donors (Lipinski definition) is 1. The summed E-state index contributed by atoms with van der Waals surface area (Å²) < 4.78 is 42.3. The van der Waals surface area contributed by atoms with Gasteiger partial charge in [-0.1, -0.05) is 25.1 Å². The number of halogens is 1. The Morgan fingerprint density at radius 2 is 1.96 bits per heavy atom. The average molecular weight is 394 g/mol. The molecule has 3 rings (SSSR count). The molecule has 0 unspecified atom stereocenters. The van der Waals surface area contributed by atoms with Crippen molar-refractivity contribution >= 4 is 15.9 Å². The van der Waals surface area contributed by atoms with Gasteiger partial charge in [-0.05, 0) is 24.8 Å². The molecule has 0 bridgehead atoms. The first-order valence-electron chi connectivity index (χ1n) is 8.84. The number of benzene rings is 1. The third-order valence-electron chi connectivity index (χ3n) is 4.76. The van der Waals surface area contributed by atoms with Gasteiger partial charge in [0, 0.05) is 38.4 Å². The van der Waals surface area contributed by atoms with Crippen LogP contribution in [0.1, 0.15) is 35.7 Å². The molecule has 0 spiro atoms. The van der Waals surface area contributed by atoms with E-state index in [4.69, 9.17) is 0 Å². The highest BCUT2D eigenvalue weighted by Gasteiger charge is 2.34. The molecule has 2 heterocycles. The number of rotatable bonds is 5. The summed E-state index contributed by atoms with van der Waals surface area (Å²) in [7, 11) is -2.30. The maximum Gasteiger partial charge on any atom is 0.263 e. The van der Waals surface area contributed by atoms with Crippen molar-refractivity contribution in [1.82, 2.24) is 19.4 Å². The summed E-state index contributed by atoms with van der Waals surface area (Å²) in [5.41, 5.74) is 0.289. The molecule has 0 aliphatic carbocycles. The van der Waals surface area contributed by atoms with Crippen LogP contribution in [-0.2, 0) is 23.6 Å². The van der Waals surface area contributed by atoms with Crippen LogP contribution in [0.2, 0.25) is 0 Å². The largest absolute Gasteiger partial charge is 0.348 e. The van der Waals surface area contributed by atoms with Gasteiger partial charge >= 0.3 is 0 Å². The highest BCUT2D eigenvalue weighted by molar-refractivity contribution is 7.89. The fraction of sp³-hybridized carbons (Fsp3) is 0.444. The summed E-state index contributed by atoms with van der Waals surface area (Å²) in [6, 6.07) is 6.10. The Hall–Kier alpha value is -2.26. The Bertz CT molecular complexity index is 934. The molecule has 1 aliphatic heterocycles. The zero-order valence-electron chi connectivity index (χ0n) is 15.4. The highest BCUT2D eigenvalue weighted by atomic mass is 32.2. The van der Waals surface area contributed by atoms with Gasteiger partial charge in [0.2, 0.25) is 5.03 Å². The number of amides is 1. The van der Waals surface area contributed by atoms with E-state index in [2.05, 4.69) is 17.3 Å². The predicted octanol–water partition coefficient (Wildman–Crippen LogP) is 1.91. The van der Waals surface area contributed by atoms with Gasteiger partial charge in [0.25, 0.3) is 15.9 Å². The first-order chi connectivity index (χ1) is 12.8. The second-order valence-corrected chi connectivity index (χ2v) is 8.74. The number of carbonyl (C=O) groups is 1. The third kappa shape index (κ3) is 4.19. The van der Waals surface area contributed by atoms with Gasteiger partial charge in [-0.3, -0.25) is 9.48 Å². The Morgan fingerprint density at radius 3 is 2.63 bits per heavy atom.